The zero-order valence-electron chi connectivity index (χ0n) is 16.4. The van der Waals surface area contributed by atoms with Crippen molar-refractivity contribution < 1.29 is 0 Å². The van der Waals surface area contributed by atoms with Crippen LogP contribution in [0.15, 0.2) is 54.0 Å². The third-order valence-corrected chi connectivity index (χ3v) is 5.10. The van der Waals surface area contributed by atoms with E-state index in [9.17, 15) is 5.26 Å². The van der Waals surface area contributed by atoms with Gasteiger partial charge in [-0.05, 0) is 29.7 Å². The second-order valence-electron chi connectivity index (χ2n) is 6.57. The molecule has 4 aromatic rings. The number of aromatic nitrogens is 5. The lowest BCUT2D eigenvalue weighted by Crippen LogP contribution is -2.15. The third kappa shape index (κ3) is 3.90. The second-order valence-corrected chi connectivity index (χ2v) is 7.52. The van der Waals surface area contributed by atoms with E-state index in [4.69, 9.17) is 10.8 Å². The fourth-order valence-electron chi connectivity index (χ4n) is 2.81. The zero-order chi connectivity index (χ0) is 21.1. The number of nitriles is 1. The lowest BCUT2D eigenvalue weighted by atomic mass is 10.1. The quantitative estimate of drug-likeness (QED) is 0.498. The van der Waals surface area contributed by atoms with E-state index in [1.54, 1.807) is 41.1 Å². The number of anilines is 2. The van der Waals surface area contributed by atoms with Crippen molar-refractivity contribution in [2.45, 2.75) is 0 Å². The topological polar surface area (TPSA) is 110 Å². The second kappa shape index (κ2) is 8.14. The van der Waals surface area contributed by atoms with E-state index in [2.05, 4.69) is 21.0 Å². The number of para-hydroxylation sites is 1. The Bertz CT molecular complexity index is 1230. The molecule has 2 N–H and O–H groups in total. The van der Waals surface area contributed by atoms with Gasteiger partial charge in [-0.25, -0.2) is 4.68 Å². The van der Waals surface area contributed by atoms with Crippen molar-refractivity contribution in [1.82, 2.24) is 24.7 Å². The van der Waals surface area contributed by atoms with Crippen LogP contribution in [0.5, 0.6) is 0 Å². The predicted molar refractivity (Wildman–Crippen MR) is 119 cm³/mol. The molecule has 0 aliphatic rings. The van der Waals surface area contributed by atoms with Crippen molar-refractivity contribution in [3.05, 3.63) is 65.4 Å². The molecule has 0 radical (unpaired) electrons. The van der Waals surface area contributed by atoms with Gasteiger partial charge in [0.05, 0.1) is 16.1 Å². The minimum Gasteiger partial charge on any atom is -0.368 e. The van der Waals surface area contributed by atoms with E-state index in [0.29, 0.717) is 5.95 Å². The molecule has 0 saturated heterocycles. The van der Waals surface area contributed by atoms with Crippen molar-refractivity contribution in [3.63, 3.8) is 0 Å². The predicted octanol–water partition coefficient (Wildman–Crippen LogP) is 3.50. The number of hydrogen-bond donors (Lipinski definition) is 1. The standard InChI is InChI=1S/C21H18N8S/c1-28(2)21-25-19(24-20(23)26-21)14(12-22)11-15-13-29(16-7-4-3-5-8-16)27-18(15)17-9-6-10-30-17/h3-11,13H,1-2H3,(H2,23,24,25,26)/b14-11+. The molecule has 0 atom stereocenters. The van der Waals surface area contributed by atoms with E-state index < -0.39 is 0 Å². The number of hydrogen-bond acceptors (Lipinski definition) is 8. The molecule has 148 valence electrons. The van der Waals surface area contributed by atoms with Crippen LogP contribution < -0.4 is 10.6 Å². The molecule has 9 heteroatoms. The molecular formula is C21H18N8S. The number of nitrogens with two attached hydrogens (primary N) is 1. The molecule has 0 spiro atoms. The molecule has 0 aliphatic carbocycles. The van der Waals surface area contributed by atoms with E-state index >= 15 is 0 Å². The fraction of sp³-hybridized carbons (Fsp3) is 0.0952. The normalized spacial score (nSPS) is 11.3. The van der Waals surface area contributed by atoms with Crippen LogP contribution in [0.1, 0.15) is 11.4 Å². The molecule has 0 amide bonds. The number of allylic oxidation sites excluding steroid dienone is 1. The highest BCUT2D eigenvalue weighted by Crippen LogP contribution is 2.30. The van der Waals surface area contributed by atoms with Crippen LogP contribution in [0.3, 0.4) is 0 Å². The lowest BCUT2D eigenvalue weighted by Gasteiger charge is -2.10. The maximum atomic E-state index is 9.81. The van der Waals surface area contributed by atoms with Gasteiger partial charge in [-0.2, -0.15) is 25.3 Å². The molecule has 0 unspecified atom stereocenters. The molecule has 0 bridgehead atoms. The summed E-state index contributed by atoms with van der Waals surface area (Å²) in [5.74, 6) is 0.665. The van der Waals surface area contributed by atoms with Crippen molar-refractivity contribution in [2.24, 2.45) is 0 Å². The highest BCUT2D eigenvalue weighted by atomic mass is 32.1. The smallest absolute Gasteiger partial charge is 0.230 e. The molecule has 0 fully saturated rings. The minimum atomic E-state index is 0.0586. The first-order valence-electron chi connectivity index (χ1n) is 9.05. The van der Waals surface area contributed by atoms with Gasteiger partial charge in [0.1, 0.15) is 11.8 Å². The number of rotatable bonds is 5. The summed E-state index contributed by atoms with van der Waals surface area (Å²) >= 11 is 1.58. The Hall–Kier alpha value is -4.03. The Balaban J connectivity index is 1.86. The van der Waals surface area contributed by atoms with E-state index in [0.717, 1.165) is 21.8 Å². The molecule has 8 nitrogen and oxygen atoms in total. The van der Waals surface area contributed by atoms with E-state index in [1.165, 1.54) is 0 Å². The molecule has 3 heterocycles. The van der Waals surface area contributed by atoms with Gasteiger partial charge in [0, 0.05) is 25.9 Å². The molecule has 0 aliphatic heterocycles. The number of nitrogen functional groups attached to an aromatic ring is 1. The first-order valence-corrected chi connectivity index (χ1v) is 9.93. The third-order valence-electron chi connectivity index (χ3n) is 4.22. The van der Waals surface area contributed by atoms with Crippen molar-refractivity contribution in [3.8, 4) is 22.3 Å². The first kappa shape index (κ1) is 19.3. The van der Waals surface area contributed by atoms with Crippen LogP contribution in [0.4, 0.5) is 11.9 Å². The Morgan fingerprint density at radius 3 is 2.60 bits per heavy atom. The van der Waals surface area contributed by atoms with Gasteiger partial charge in [0.25, 0.3) is 0 Å². The summed E-state index contributed by atoms with van der Waals surface area (Å²) in [6.45, 7) is 0. The van der Waals surface area contributed by atoms with Crippen LogP contribution in [0.25, 0.3) is 27.9 Å². The summed E-state index contributed by atoms with van der Waals surface area (Å²) in [7, 11) is 3.60. The van der Waals surface area contributed by atoms with Crippen LogP contribution in [-0.2, 0) is 0 Å². The molecule has 0 saturated carbocycles. The Kier molecular flexibility index (Phi) is 5.24. The molecule has 4 rings (SSSR count). The van der Waals surface area contributed by atoms with Crippen molar-refractivity contribution in [2.75, 3.05) is 24.7 Å². The summed E-state index contributed by atoms with van der Waals surface area (Å²) in [6.07, 6.45) is 3.62. The summed E-state index contributed by atoms with van der Waals surface area (Å²) < 4.78 is 1.79. The zero-order valence-corrected chi connectivity index (χ0v) is 17.2. The lowest BCUT2D eigenvalue weighted by molar-refractivity contribution is 0.885. The van der Waals surface area contributed by atoms with Gasteiger partial charge in [-0.3, -0.25) is 0 Å². The van der Waals surface area contributed by atoms with Crippen molar-refractivity contribution in [1.29, 1.82) is 5.26 Å². The first-order chi connectivity index (χ1) is 14.5. The Labute approximate surface area is 177 Å². The average Bonchev–Trinajstić information content (AvgIpc) is 3.42. The summed E-state index contributed by atoms with van der Waals surface area (Å²) in [6, 6.07) is 16.0. The molecule has 30 heavy (non-hydrogen) atoms. The highest BCUT2D eigenvalue weighted by Gasteiger charge is 2.16. The Morgan fingerprint density at radius 2 is 1.93 bits per heavy atom. The fourth-order valence-corrected chi connectivity index (χ4v) is 3.55. The Morgan fingerprint density at radius 1 is 1.13 bits per heavy atom. The van der Waals surface area contributed by atoms with Crippen LogP contribution >= 0.6 is 11.3 Å². The molecule has 3 aromatic heterocycles. The number of benzene rings is 1. The molecule has 1 aromatic carbocycles. The maximum Gasteiger partial charge on any atom is 0.230 e. The summed E-state index contributed by atoms with van der Waals surface area (Å²) in [4.78, 5) is 15.3. The summed E-state index contributed by atoms with van der Waals surface area (Å²) in [5.41, 5.74) is 8.58. The van der Waals surface area contributed by atoms with E-state index in [1.807, 2.05) is 54.0 Å². The maximum absolute atomic E-state index is 9.81. The van der Waals surface area contributed by atoms with Crippen LogP contribution in [-0.4, -0.2) is 38.8 Å². The largest absolute Gasteiger partial charge is 0.368 e. The average molecular weight is 414 g/mol. The van der Waals surface area contributed by atoms with Crippen LogP contribution in [0, 0.1) is 11.3 Å². The van der Waals surface area contributed by atoms with Gasteiger partial charge >= 0.3 is 0 Å². The van der Waals surface area contributed by atoms with Gasteiger partial charge in [-0.15, -0.1) is 11.3 Å². The van der Waals surface area contributed by atoms with Crippen molar-refractivity contribution >= 4 is 34.9 Å². The van der Waals surface area contributed by atoms with Gasteiger partial charge in [0.2, 0.25) is 11.9 Å². The monoisotopic (exact) mass is 414 g/mol. The van der Waals surface area contributed by atoms with Gasteiger partial charge in [0.15, 0.2) is 5.82 Å². The number of thiophene rings is 1. The van der Waals surface area contributed by atoms with Crippen LogP contribution in [0.2, 0.25) is 0 Å². The van der Waals surface area contributed by atoms with E-state index in [-0.39, 0.29) is 17.3 Å². The minimum absolute atomic E-state index is 0.0586. The molecular weight excluding hydrogens is 396 g/mol. The number of nitrogens with zero attached hydrogens (tertiary/aromatic N) is 7. The SMILES string of the molecule is CN(C)c1nc(N)nc(/C(C#N)=C/c2cn(-c3ccccc3)nc2-c2cccs2)n1. The van der Waals surface area contributed by atoms with Gasteiger partial charge < -0.3 is 10.6 Å². The summed E-state index contributed by atoms with van der Waals surface area (Å²) in [5, 5.41) is 16.6. The van der Waals surface area contributed by atoms with Gasteiger partial charge in [-0.1, -0.05) is 24.3 Å². The highest BCUT2D eigenvalue weighted by molar-refractivity contribution is 7.13.